The number of urea groups is 1. The second-order valence-electron chi connectivity index (χ2n) is 6.52. The van der Waals surface area contributed by atoms with E-state index in [9.17, 15) is 24.2 Å². The van der Waals surface area contributed by atoms with Crippen molar-refractivity contribution < 1.29 is 33.4 Å². The van der Waals surface area contributed by atoms with E-state index < -0.39 is 37.4 Å². The summed E-state index contributed by atoms with van der Waals surface area (Å²) >= 11 is 0. The lowest BCUT2D eigenvalue weighted by Gasteiger charge is -2.32. The molecule has 0 aliphatic carbocycles. The molecule has 0 aromatic carbocycles. The van der Waals surface area contributed by atoms with Crippen LogP contribution in [0, 0.1) is 5.92 Å². The molecule has 152 valence electrons. The molecule has 5 N–H and O–H groups in total. The molecular weight excluding hydrogens is 365 g/mol. The molecule has 26 heavy (non-hydrogen) atoms. The Morgan fingerprint density at radius 2 is 1.92 bits per heavy atom. The molecule has 2 unspecified atom stereocenters. The minimum absolute atomic E-state index is 0.0688. The van der Waals surface area contributed by atoms with E-state index in [1.54, 1.807) is 13.8 Å². The van der Waals surface area contributed by atoms with Crippen LogP contribution < -0.4 is 11.1 Å². The first-order valence-corrected chi connectivity index (χ1v) is 10.4. The lowest BCUT2D eigenvalue weighted by molar-refractivity contribution is -0.145. The first-order valence-electron chi connectivity index (χ1n) is 8.76. The fraction of sp³-hybridized carbons (Fsp3) is 0.867. The van der Waals surface area contributed by atoms with E-state index in [0.29, 0.717) is 45.7 Å². The molecule has 1 aliphatic rings. The number of rotatable bonds is 10. The number of carboxylic acid groups (broad SMARTS) is 1. The van der Waals surface area contributed by atoms with Gasteiger partial charge in [0.05, 0.1) is 13.2 Å². The van der Waals surface area contributed by atoms with Crippen LogP contribution in [-0.2, 0) is 18.6 Å². The number of carboxylic acids is 1. The van der Waals surface area contributed by atoms with Gasteiger partial charge in [-0.05, 0) is 31.7 Å². The fourth-order valence-electron chi connectivity index (χ4n) is 2.55. The molecule has 10 nitrogen and oxygen atoms in total. The van der Waals surface area contributed by atoms with Crippen molar-refractivity contribution in [2.45, 2.75) is 45.0 Å². The van der Waals surface area contributed by atoms with Crippen LogP contribution in [0.1, 0.15) is 33.1 Å². The average molecular weight is 395 g/mol. The van der Waals surface area contributed by atoms with Crippen molar-refractivity contribution >= 4 is 19.6 Å². The SMILES string of the molecule is CC(C)C(NC(=O)N1CCOCC1)P(=O)(O)O[C@H](CCCCN)C(=O)O. The summed E-state index contributed by atoms with van der Waals surface area (Å²) in [4.78, 5) is 35.5. The van der Waals surface area contributed by atoms with Gasteiger partial charge in [0.1, 0.15) is 5.78 Å². The van der Waals surface area contributed by atoms with Crippen molar-refractivity contribution in [1.82, 2.24) is 10.2 Å². The molecule has 0 aromatic heterocycles. The number of unbranched alkanes of at least 4 members (excludes halogenated alkanes) is 1. The first kappa shape index (κ1) is 22.9. The molecule has 2 amide bonds. The number of carbonyl (C=O) groups is 2. The zero-order valence-corrected chi connectivity index (χ0v) is 16.2. The van der Waals surface area contributed by atoms with E-state index in [4.69, 9.17) is 15.0 Å². The highest BCUT2D eigenvalue weighted by atomic mass is 31.2. The Bertz CT molecular complexity index is 511. The molecule has 0 bridgehead atoms. The maximum atomic E-state index is 12.7. The third-order valence-corrected chi connectivity index (χ3v) is 6.01. The molecule has 0 radical (unpaired) electrons. The Morgan fingerprint density at radius 3 is 2.42 bits per heavy atom. The van der Waals surface area contributed by atoms with Gasteiger partial charge in [0, 0.05) is 13.1 Å². The second-order valence-corrected chi connectivity index (χ2v) is 8.41. The maximum absolute atomic E-state index is 12.7. The van der Waals surface area contributed by atoms with Crippen molar-refractivity contribution in [3.63, 3.8) is 0 Å². The Hall–Kier alpha value is -1.19. The van der Waals surface area contributed by atoms with Gasteiger partial charge in [0.25, 0.3) is 0 Å². The van der Waals surface area contributed by atoms with Gasteiger partial charge in [-0.3, -0.25) is 9.09 Å². The summed E-state index contributed by atoms with van der Waals surface area (Å²) in [5.74, 6) is -2.97. The van der Waals surface area contributed by atoms with E-state index >= 15 is 0 Å². The average Bonchev–Trinajstić information content (AvgIpc) is 2.58. The van der Waals surface area contributed by atoms with E-state index in [1.165, 1.54) is 4.90 Å². The van der Waals surface area contributed by atoms with Gasteiger partial charge >= 0.3 is 19.6 Å². The van der Waals surface area contributed by atoms with E-state index in [1.807, 2.05) is 0 Å². The number of morpholine rings is 1. The third-order valence-electron chi connectivity index (χ3n) is 4.03. The highest BCUT2D eigenvalue weighted by Crippen LogP contribution is 2.50. The topological polar surface area (TPSA) is 151 Å². The minimum Gasteiger partial charge on any atom is -0.479 e. The molecule has 1 saturated heterocycles. The van der Waals surface area contributed by atoms with Gasteiger partial charge in [0.15, 0.2) is 6.10 Å². The maximum Gasteiger partial charge on any atom is 0.351 e. The van der Waals surface area contributed by atoms with Gasteiger partial charge in [-0.15, -0.1) is 0 Å². The summed E-state index contributed by atoms with van der Waals surface area (Å²) in [6.45, 7) is 5.26. The van der Waals surface area contributed by atoms with E-state index in [2.05, 4.69) is 5.32 Å². The van der Waals surface area contributed by atoms with Crippen LogP contribution in [0.2, 0.25) is 0 Å². The summed E-state index contributed by atoms with van der Waals surface area (Å²) in [5.41, 5.74) is 5.38. The van der Waals surface area contributed by atoms with Crippen molar-refractivity contribution in [2.75, 3.05) is 32.8 Å². The first-order chi connectivity index (χ1) is 12.2. The number of hydrogen-bond donors (Lipinski definition) is 4. The van der Waals surface area contributed by atoms with Crippen molar-refractivity contribution in [3.8, 4) is 0 Å². The fourth-order valence-corrected chi connectivity index (χ4v) is 4.27. The predicted molar refractivity (Wildman–Crippen MR) is 94.8 cm³/mol. The van der Waals surface area contributed by atoms with Crippen LogP contribution in [0.3, 0.4) is 0 Å². The Kier molecular flexibility index (Phi) is 9.52. The lowest BCUT2D eigenvalue weighted by Crippen LogP contribution is -2.50. The van der Waals surface area contributed by atoms with E-state index in [0.717, 1.165) is 0 Å². The molecule has 3 atom stereocenters. The molecule has 11 heteroatoms. The van der Waals surface area contributed by atoms with Crippen LogP contribution in [-0.4, -0.2) is 71.6 Å². The van der Waals surface area contributed by atoms with Gasteiger partial charge in [-0.1, -0.05) is 13.8 Å². The Morgan fingerprint density at radius 1 is 1.31 bits per heavy atom. The third kappa shape index (κ3) is 7.20. The Labute approximate surface area is 153 Å². The van der Waals surface area contributed by atoms with Gasteiger partial charge < -0.3 is 30.7 Å². The zero-order chi connectivity index (χ0) is 19.7. The minimum atomic E-state index is -4.42. The molecule has 0 spiro atoms. The quantitative estimate of drug-likeness (QED) is 0.313. The smallest absolute Gasteiger partial charge is 0.351 e. The molecule has 0 saturated carbocycles. The van der Waals surface area contributed by atoms with Crippen LogP contribution in [0.4, 0.5) is 4.79 Å². The highest BCUT2D eigenvalue weighted by molar-refractivity contribution is 7.53. The number of nitrogens with zero attached hydrogens (tertiary/aromatic N) is 1. The number of nitrogens with one attached hydrogen (secondary N) is 1. The van der Waals surface area contributed by atoms with Gasteiger partial charge in [-0.25, -0.2) is 9.59 Å². The van der Waals surface area contributed by atoms with Crippen molar-refractivity contribution in [3.05, 3.63) is 0 Å². The van der Waals surface area contributed by atoms with Crippen molar-refractivity contribution in [1.29, 1.82) is 0 Å². The van der Waals surface area contributed by atoms with Crippen LogP contribution >= 0.6 is 7.60 Å². The summed E-state index contributed by atoms with van der Waals surface area (Å²) in [7, 11) is -4.42. The zero-order valence-electron chi connectivity index (χ0n) is 15.3. The van der Waals surface area contributed by atoms with Crippen LogP contribution in [0.25, 0.3) is 0 Å². The standard InChI is InChI=1S/C15H30N3O7P/c1-11(2)13(17-15(21)18-7-9-24-10-8-18)26(22,23)25-12(14(19)20)5-3-4-6-16/h11-13H,3-10,16H2,1-2H3,(H,17,21)(H,19,20)(H,22,23)/t12-,13?/m1/s1. The number of amides is 2. The number of nitrogens with two attached hydrogens (primary N) is 1. The predicted octanol–water partition coefficient (Wildman–Crippen LogP) is 0.795. The summed E-state index contributed by atoms with van der Waals surface area (Å²) < 4.78 is 22.9. The van der Waals surface area contributed by atoms with Gasteiger partial charge in [-0.2, -0.15) is 0 Å². The molecular formula is C15H30N3O7P. The number of aliphatic carboxylic acids is 1. The largest absolute Gasteiger partial charge is 0.479 e. The number of hydrogen-bond acceptors (Lipinski definition) is 6. The highest BCUT2D eigenvalue weighted by Gasteiger charge is 2.40. The van der Waals surface area contributed by atoms with Crippen LogP contribution in [0.15, 0.2) is 0 Å². The normalized spacial score (nSPS) is 19.7. The summed E-state index contributed by atoms with van der Waals surface area (Å²) in [6.07, 6.45) is -0.317. The van der Waals surface area contributed by atoms with Gasteiger partial charge in [0.2, 0.25) is 0 Å². The molecule has 0 aromatic rings. The monoisotopic (exact) mass is 395 g/mol. The molecule has 1 rings (SSSR count). The number of ether oxygens (including phenoxy) is 1. The van der Waals surface area contributed by atoms with Crippen LogP contribution in [0.5, 0.6) is 0 Å². The Balaban J connectivity index is 2.78. The molecule has 1 fully saturated rings. The lowest BCUT2D eigenvalue weighted by atomic mass is 10.1. The van der Waals surface area contributed by atoms with Crippen molar-refractivity contribution in [2.24, 2.45) is 11.7 Å². The summed E-state index contributed by atoms with van der Waals surface area (Å²) in [5, 5.41) is 11.8. The molecule has 1 heterocycles. The van der Waals surface area contributed by atoms with E-state index in [-0.39, 0.29) is 6.42 Å². The summed E-state index contributed by atoms with van der Waals surface area (Å²) in [6, 6.07) is -0.500. The second kappa shape index (κ2) is 10.8. The number of carbonyl (C=O) groups excluding carboxylic acids is 1. The molecule has 1 aliphatic heterocycles.